The molecule has 0 aliphatic carbocycles. The Hall–Kier alpha value is -0.640. The summed E-state index contributed by atoms with van der Waals surface area (Å²) in [6, 6.07) is 1.71. The number of carbonyl (C=O) groups excluding carboxylic acids is 1. The molecule has 3 nitrogen and oxygen atoms in total. The Morgan fingerprint density at radius 2 is 2.56 bits per heavy atom. The van der Waals surface area contributed by atoms with Crippen molar-refractivity contribution in [1.82, 2.24) is 9.78 Å². The molecule has 0 aromatic carbocycles. The predicted octanol–water partition coefficient (Wildman–Crippen LogP) is 0.918. The van der Waals surface area contributed by atoms with Gasteiger partial charge in [0, 0.05) is 12.4 Å². The van der Waals surface area contributed by atoms with Crippen LogP contribution in [0.5, 0.6) is 0 Å². The molecule has 1 rings (SSSR count). The third-order valence-electron chi connectivity index (χ3n) is 0.874. The molecule has 0 aliphatic heterocycles. The second kappa shape index (κ2) is 2.77. The number of nitrogens with zero attached hydrogens (tertiary/aromatic N) is 2. The fourth-order valence-corrected chi connectivity index (χ4v) is 0.735. The predicted molar refractivity (Wildman–Crippen MR) is 36.6 cm³/mol. The maximum absolute atomic E-state index is 10.7. The highest BCUT2D eigenvalue weighted by Crippen LogP contribution is 1.87. The minimum Gasteiger partial charge on any atom is -0.272 e. The van der Waals surface area contributed by atoms with Gasteiger partial charge in [0.05, 0.1) is 5.33 Å². The molecule has 0 N–H and O–H groups in total. The molecule has 0 amide bonds. The maximum Gasteiger partial charge on any atom is 0.257 e. The van der Waals surface area contributed by atoms with Gasteiger partial charge in [-0.3, -0.25) is 4.79 Å². The lowest BCUT2D eigenvalue weighted by atomic mass is 10.7. The summed E-state index contributed by atoms with van der Waals surface area (Å²) in [5, 5.41) is 4.04. The van der Waals surface area contributed by atoms with E-state index in [9.17, 15) is 4.79 Å². The first kappa shape index (κ1) is 6.48. The molecule has 1 aromatic heterocycles. The summed E-state index contributed by atoms with van der Waals surface area (Å²) in [7, 11) is 0. The van der Waals surface area contributed by atoms with Crippen molar-refractivity contribution in [3.05, 3.63) is 18.5 Å². The zero-order valence-electron chi connectivity index (χ0n) is 4.62. The van der Waals surface area contributed by atoms with E-state index in [1.54, 1.807) is 18.5 Å². The van der Waals surface area contributed by atoms with Crippen LogP contribution in [0.4, 0.5) is 0 Å². The average Bonchev–Trinajstić information content (AvgIpc) is 2.37. The summed E-state index contributed by atoms with van der Waals surface area (Å²) < 4.78 is 1.29. The van der Waals surface area contributed by atoms with Crippen LogP contribution < -0.4 is 0 Å². The molecule has 1 aromatic rings. The van der Waals surface area contributed by atoms with Crippen LogP contribution in [0, 0.1) is 0 Å². The highest BCUT2D eigenvalue weighted by atomic mass is 79.9. The van der Waals surface area contributed by atoms with Crippen molar-refractivity contribution in [2.75, 3.05) is 5.33 Å². The van der Waals surface area contributed by atoms with Crippen molar-refractivity contribution in [3.63, 3.8) is 0 Å². The highest BCUT2D eigenvalue weighted by Gasteiger charge is 1.98. The van der Waals surface area contributed by atoms with Crippen molar-refractivity contribution >= 4 is 21.8 Å². The van der Waals surface area contributed by atoms with Crippen LogP contribution in [0.3, 0.4) is 0 Å². The summed E-state index contributed by atoms with van der Waals surface area (Å²) >= 11 is 3.03. The third kappa shape index (κ3) is 1.38. The molecule has 1 heterocycles. The minimum atomic E-state index is -0.0556. The van der Waals surface area contributed by atoms with Crippen LogP contribution in [-0.4, -0.2) is 21.0 Å². The van der Waals surface area contributed by atoms with Gasteiger partial charge in [-0.05, 0) is 6.07 Å². The van der Waals surface area contributed by atoms with Crippen molar-refractivity contribution in [2.45, 2.75) is 0 Å². The smallest absolute Gasteiger partial charge is 0.257 e. The number of hydrogen-bond acceptors (Lipinski definition) is 2. The lowest BCUT2D eigenvalue weighted by Crippen LogP contribution is -2.11. The van der Waals surface area contributed by atoms with Gasteiger partial charge in [-0.2, -0.15) is 5.10 Å². The highest BCUT2D eigenvalue weighted by molar-refractivity contribution is 9.09. The SMILES string of the molecule is O=C(CBr)n1cccn1. The van der Waals surface area contributed by atoms with Crippen LogP contribution in [0.1, 0.15) is 4.79 Å². The summed E-state index contributed by atoms with van der Waals surface area (Å²) in [5.74, 6) is -0.0556. The van der Waals surface area contributed by atoms with Crippen molar-refractivity contribution in [1.29, 1.82) is 0 Å². The van der Waals surface area contributed by atoms with E-state index in [-0.39, 0.29) is 5.91 Å². The molecule has 0 saturated carbocycles. The maximum atomic E-state index is 10.7. The minimum absolute atomic E-state index is 0.0556. The zero-order valence-corrected chi connectivity index (χ0v) is 6.21. The van der Waals surface area contributed by atoms with Crippen LogP contribution in [0.25, 0.3) is 0 Å². The molecule has 48 valence electrons. The number of alkyl halides is 1. The Morgan fingerprint density at radius 3 is 3.00 bits per heavy atom. The van der Waals surface area contributed by atoms with Gasteiger partial charge in [0.2, 0.25) is 0 Å². The number of halogens is 1. The molecule has 4 heteroatoms. The van der Waals surface area contributed by atoms with Gasteiger partial charge in [-0.1, -0.05) is 15.9 Å². The van der Waals surface area contributed by atoms with Gasteiger partial charge < -0.3 is 0 Å². The molecule has 0 aliphatic rings. The lowest BCUT2D eigenvalue weighted by Gasteiger charge is -1.91. The topological polar surface area (TPSA) is 34.9 Å². The quantitative estimate of drug-likeness (QED) is 0.615. The monoisotopic (exact) mass is 188 g/mol. The van der Waals surface area contributed by atoms with Crippen LogP contribution >= 0.6 is 15.9 Å². The number of rotatable bonds is 1. The van der Waals surface area contributed by atoms with Crippen LogP contribution in [-0.2, 0) is 0 Å². The van der Waals surface area contributed by atoms with Crippen LogP contribution in [0.2, 0.25) is 0 Å². The van der Waals surface area contributed by atoms with Gasteiger partial charge in [-0.25, -0.2) is 4.68 Å². The molecule has 0 saturated heterocycles. The molecular formula is C5H5BrN2O. The van der Waals surface area contributed by atoms with Gasteiger partial charge in [-0.15, -0.1) is 0 Å². The summed E-state index contributed by atoms with van der Waals surface area (Å²) in [6.07, 6.45) is 3.18. The zero-order chi connectivity index (χ0) is 6.69. The molecule has 0 fully saturated rings. The van der Waals surface area contributed by atoms with E-state index in [4.69, 9.17) is 0 Å². The van der Waals surface area contributed by atoms with Gasteiger partial charge in [0.25, 0.3) is 5.91 Å². The first-order chi connectivity index (χ1) is 4.34. The van der Waals surface area contributed by atoms with Crippen molar-refractivity contribution < 1.29 is 4.79 Å². The molecule has 0 radical (unpaired) electrons. The first-order valence-corrected chi connectivity index (χ1v) is 3.55. The fraction of sp³-hybridized carbons (Fsp3) is 0.200. The summed E-state index contributed by atoms with van der Waals surface area (Å²) in [4.78, 5) is 10.7. The normalized spacial score (nSPS) is 9.44. The lowest BCUT2D eigenvalue weighted by molar-refractivity contribution is 0.0928. The second-order valence-electron chi connectivity index (χ2n) is 1.48. The van der Waals surface area contributed by atoms with E-state index in [1.807, 2.05) is 0 Å². The van der Waals surface area contributed by atoms with E-state index in [0.29, 0.717) is 5.33 Å². The Morgan fingerprint density at radius 1 is 1.78 bits per heavy atom. The van der Waals surface area contributed by atoms with Crippen molar-refractivity contribution in [2.24, 2.45) is 0 Å². The summed E-state index contributed by atoms with van der Waals surface area (Å²) in [5.41, 5.74) is 0. The third-order valence-corrected chi connectivity index (χ3v) is 1.35. The molecular weight excluding hydrogens is 184 g/mol. The van der Waals surface area contributed by atoms with Gasteiger partial charge >= 0.3 is 0 Å². The Kier molecular flexibility index (Phi) is 2.00. The van der Waals surface area contributed by atoms with Gasteiger partial charge in [0.15, 0.2) is 0 Å². The standard InChI is InChI=1S/C5H5BrN2O/c6-4-5(9)8-3-1-2-7-8/h1-3H,4H2. The molecule has 0 bridgehead atoms. The second-order valence-corrected chi connectivity index (χ2v) is 2.04. The van der Waals surface area contributed by atoms with E-state index in [0.717, 1.165) is 0 Å². The van der Waals surface area contributed by atoms with Crippen molar-refractivity contribution in [3.8, 4) is 0 Å². The Labute approximate surface area is 60.8 Å². The van der Waals surface area contributed by atoms with Crippen LogP contribution in [0.15, 0.2) is 18.5 Å². The Bertz CT molecular complexity index is 195. The van der Waals surface area contributed by atoms with E-state index in [1.165, 1.54) is 4.68 Å². The molecule has 0 spiro atoms. The molecule has 9 heavy (non-hydrogen) atoms. The van der Waals surface area contributed by atoms with E-state index in [2.05, 4.69) is 21.0 Å². The largest absolute Gasteiger partial charge is 0.272 e. The fourth-order valence-electron chi connectivity index (χ4n) is 0.478. The van der Waals surface area contributed by atoms with E-state index >= 15 is 0 Å². The van der Waals surface area contributed by atoms with Gasteiger partial charge in [0.1, 0.15) is 0 Å². The average molecular weight is 189 g/mol. The number of aromatic nitrogens is 2. The number of hydrogen-bond donors (Lipinski definition) is 0. The molecule has 0 atom stereocenters. The Balaban J connectivity index is 2.77. The number of carbonyl (C=O) groups is 1. The first-order valence-electron chi connectivity index (χ1n) is 2.43. The molecule has 0 unspecified atom stereocenters. The summed E-state index contributed by atoms with van der Waals surface area (Å²) in [6.45, 7) is 0. The van der Waals surface area contributed by atoms with E-state index < -0.39 is 0 Å².